The number of thioether (sulfide) groups is 1. The van der Waals surface area contributed by atoms with Gasteiger partial charge in [-0.2, -0.15) is 0 Å². The molecule has 2 nitrogen and oxygen atoms in total. The molecule has 1 atom stereocenters. The fourth-order valence-electron chi connectivity index (χ4n) is 2.25. The number of hydrogen-bond acceptors (Lipinski definition) is 2. The van der Waals surface area contributed by atoms with E-state index >= 15 is 0 Å². The third kappa shape index (κ3) is 2.95. The molecule has 1 fully saturated rings. The van der Waals surface area contributed by atoms with Crippen molar-refractivity contribution >= 4 is 62.5 Å². The van der Waals surface area contributed by atoms with Crippen molar-refractivity contribution in [2.75, 3.05) is 10.7 Å². The summed E-state index contributed by atoms with van der Waals surface area (Å²) < 4.78 is 0.975. The summed E-state index contributed by atoms with van der Waals surface area (Å²) in [5, 5.41) is 0.864. The Labute approximate surface area is 145 Å². The van der Waals surface area contributed by atoms with E-state index in [-0.39, 0.29) is 11.3 Å². The van der Waals surface area contributed by atoms with E-state index in [0.29, 0.717) is 15.8 Å². The summed E-state index contributed by atoms with van der Waals surface area (Å²) in [5.74, 6) is 0.507. The van der Waals surface area contributed by atoms with Gasteiger partial charge in [0.25, 0.3) is 0 Å². The molecular weight excluding hydrogens is 393 g/mol. The first-order valence-electron chi connectivity index (χ1n) is 6.21. The SMILES string of the molecule is O=C1CSC(c2cccc(Cl)c2Cl)N1c1ccc(Br)cc1. The molecule has 1 heterocycles. The second-order valence-electron chi connectivity index (χ2n) is 4.55. The van der Waals surface area contributed by atoms with Gasteiger partial charge < -0.3 is 0 Å². The molecule has 0 aliphatic carbocycles. The first-order valence-corrected chi connectivity index (χ1v) is 8.81. The minimum atomic E-state index is -0.148. The number of amides is 1. The van der Waals surface area contributed by atoms with E-state index in [1.165, 1.54) is 0 Å². The highest BCUT2D eigenvalue weighted by Crippen LogP contribution is 2.45. The van der Waals surface area contributed by atoms with Crippen LogP contribution in [0, 0.1) is 0 Å². The maximum atomic E-state index is 12.3. The van der Waals surface area contributed by atoms with Crippen LogP contribution in [0.25, 0.3) is 0 Å². The lowest BCUT2D eigenvalue weighted by atomic mass is 10.2. The van der Waals surface area contributed by atoms with Crippen LogP contribution >= 0.6 is 50.9 Å². The largest absolute Gasteiger partial charge is 0.295 e. The highest BCUT2D eigenvalue weighted by atomic mass is 79.9. The van der Waals surface area contributed by atoms with Gasteiger partial charge in [-0.25, -0.2) is 0 Å². The van der Waals surface area contributed by atoms with Crippen molar-refractivity contribution in [3.8, 4) is 0 Å². The maximum absolute atomic E-state index is 12.3. The molecule has 2 aromatic carbocycles. The molecule has 21 heavy (non-hydrogen) atoms. The highest BCUT2D eigenvalue weighted by Gasteiger charge is 2.35. The zero-order valence-corrected chi connectivity index (χ0v) is 14.6. The molecule has 2 aromatic rings. The van der Waals surface area contributed by atoms with Crippen LogP contribution in [0.3, 0.4) is 0 Å². The number of carbonyl (C=O) groups is 1. The van der Waals surface area contributed by atoms with Gasteiger partial charge in [-0.05, 0) is 30.3 Å². The second kappa shape index (κ2) is 6.21. The van der Waals surface area contributed by atoms with Crippen molar-refractivity contribution < 1.29 is 4.79 Å². The lowest BCUT2D eigenvalue weighted by molar-refractivity contribution is -0.115. The van der Waals surface area contributed by atoms with E-state index in [1.807, 2.05) is 36.4 Å². The van der Waals surface area contributed by atoms with Crippen LogP contribution in [0.4, 0.5) is 5.69 Å². The Kier molecular flexibility index (Phi) is 4.50. The Hall–Kier alpha value is -0.680. The zero-order chi connectivity index (χ0) is 15.0. The summed E-state index contributed by atoms with van der Waals surface area (Å²) in [7, 11) is 0. The molecule has 0 saturated carbocycles. The van der Waals surface area contributed by atoms with Crippen LogP contribution in [0.1, 0.15) is 10.9 Å². The molecule has 0 bridgehead atoms. The van der Waals surface area contributed by atoms with E-state index in [4.69, 9.17) is 23.2 Å². The molecule has 1 saturated heterocycles. The molecule has 0 N–H and O–H groups in total. The molecule has 108 valence electrons. The summed E-state index contributed by atoms with van der Waals surface area (Å²) >= 11 is 17.4. The number of rotatable bonds is 2. The molecule has 3 rings (SSSR count). The van der Waals surface area contributed by atoms with Crippen LogP contribution in [0.15, 0.2) is 46.9 Å². The van der Waals surface area contributed by atoms with Gasteiger partial charge in [0.2, 0.25) is 5.91 Å². The van der Waals surface area contributed by atoms with E-state index < -0.39 is 0 Å². The summed E-state index contributed by atoms with van der Waals surface area (Å²) in [5.41, 5.74) is 1.72. The summed E-state index contributed by atoms with van der Waals surface area (Å²) in [6, 6.07) is 13.2. The number of halogens is 3. The van der Waals surface area contributed by atoms with E-state index in [1.54, 1.807) is 22.7 Å². The van der Waals surface area contributed by atoms with Gasteiger partial charge >= 0.3 is 0 Å². The van der Waals surface area contributed by atoms with Crippen molar-refractivity contribution in [3.63, 3.8) is 0 Å². The molecule has 0 radical (unpaired) electrons. The van der Waals surface area contributed by atoms with Gasteiger partial charge in [0.15, 0.2) is 0 Å². The van der Waals surface area contributed by atoms with Gasteiger partial charge in [0.05, 0.1) is 15.8 Å². The number of carbonyl (C=O) groups excluding carboxylic acids is 1. The molecule has 1 unspecified atom stereocenters. The molecule has 0 spiro atoms. The van der Waals surface area contributed by atoms with E-state index in [2.05, 4.69) is 15.9 Å². The van der Waals surface area contributed by atoms with Crippen LogP contribution in [0.5, 0.6) is 0 Å². The number of benzene rings is 2. The third-order valence-corrected chi connectivity index (χ3v) is 5.78. The standard InChI is InChI=1S/C15H10BrCl2NOS/c16-9-4-6-10(7-5-9)19-13(20)8-21-15(19)11-2-1-3-12(17)14(11)18/h1-7,15H,8H2. The minimum absolute atomic E-state index is 0.0726. The average molecular weight is 403 g/mol. The third-order valence-electron chi connectivity index (χ3n) is 3.22. The summed E-state index contributed by atoms with van der Waals surface area (Å²) in [4.78, 5) is 14.0. The van der Waals surface area contributed by atoms with Crippen LogP contribution in [-0.4, -0.2) is 11.7 Å². The molecular formula is C15H10BrCl2NOS. The Morgan fingerprint density at radius 1 is 1.14 bits per heavy atom. The van der Waals surface area contributed by atoms with Crippen molar-refractivity contribution in [3.05, 3.63) is 62.5 Å². The zero-order valence-electron chi connectivity index (χ0n) is 10.7. The monoisotopic (exact) mass is 401 g/mol. The average Bonchev–Trinajstić information content (AvgIpc) is 2.85. The lowest BCUT2D eigenvalue weighted by Gasteiger charge is -2.25. The number of anilines is 1. The molecule has 0 aromatic heterocycles. The van der Waals surface area contributed by atoms with Gasteiger partial charge in [-0.3, -0.25) is 9.69 Å². The lowest BCUT2D eigenvalue weighted by Crippen LogP contribution is -2.27. The molecule has 1 aliphatic heterocycles. The Morgan fingerprint density at radius 3 is 2.57 bits per heavy atom. The van der Waals surface area contributed by atoms with Crippen LogP contribution in [0.2, 0.25) is 10.0 Å². The second-order valence-corrected chi connectivity index (χ2v) is 7.32. The van der Waals surface area contributed by atoms with Crippen molar-refractivity contribution in [2.45, 2.75) is 5.37 Å². The van der Waals surface area contributed by atoms with E-state index in [0.717, 1.165) is 15.7 Å². The number of nitrogens with zero attached hydrogens (tertiary/aromatic N) is 1. The first-order chi connectivity index (χ1) is 10.1. The van der Waals surface area contributed by atoms with E-state index in [9.17, 15) is 4.79 Å². The van der Waals surface area contributed by atoms with Gasteiger partial charge in [-0.1, -0.05) is 51.3 Å². The normalized spacial score (nSPS) is 18.3. The van der Waals surface area contributed by atoms with Crippen molar-refractivity contribution in [1.82, 2.24) is 0 Å². The minimum Gasteiger partial charge on any atom is -0.295 e. The van der Waals surface area contributed by atoms with Gasteiger partial charge in [0, 0.05) is 15.7 Å². The quantitative estimate of drug-likeness (QED) is 0.657. The first kappa shape index (κ1) is 15.2. The maximum Gasteiger partial charge on any atom is 0.238 e. The highest BCUT2D eigenvalue weighted by molar-refractivity contribution is 9.10. The Morgan fingerprint density at radius 2 is 1.86 bits per heavy atom. The van der Waals surface area contributed by atoms with Crippen molar-refractivity contribution in [2.24, 2.45) is 0 Å². The predicted molar refractivity (Wildman–Crippen MR) is 93.3 cm³/mol. The van der Waals surface area contributed by atoms with Gasteiger partial charge in [0.1, 0.15) is 5.37 Å². The van der Waals surface area contributed by atoms with Crippen LogP contribution < -0.4 is 4.90 Å². The molecule has 1 amide bonds. The topological polar surface area (TPSA) is 20.3 Å². The fourth-order valence-corrected chi connectivity index (χ4v) is 4.19. The molecule has 6 heteroatoms. The Bertz CT molecular complexity index is 693. The predicted octanol–water partition coefficient (Wildman–Crippen LogP) is 5.53. The van der Waals surface area contributed by atoms with Crippen LogP contribution in [-0.2, 0) is 4.79 Å². The summed E-state index contributed by atoms with van der Waals surface area (Å²) in [6.45, 7) is 0. The van der Waals surface area contributed by atoms with Gasteiger partial charge in [-0.15, -0.1) is 11.8 Å². The fraction of sp³-hybridized carbons (Fsp3) is 0.133. The molecule has 1 aliphatic rings. The Balaban J connectivity index is 2.03. The van der Waals surface area contributed by atoms with Crippen molar-refractivity contribution in [1.29, 1.82) is 0 Å². The number of hydrogen-bond donors (Lipinski definition) is 0. The summed E-state index contributed by atoms with van der Waals surface area (Å²) in [6.07, 6.45) is 0. The smallest absolute Gasteiger partial charge is 0.238 e.